The monoisotopic (exact) mass is 491 g/mol. The third-order valence-corrected chi connectivity index (χ3v) is 5.72. The molecule has 0 spiro atoms. The maximum Gasteiger partial charge on any atom is 0.292 e. The van der Waals surface area contributed by atoms with Crippen molar-refractivity contribution in [3.8, 4) is 11.3 Å². The topological polar surface area (TPSA) is 84.7 Å². The maximum absolute atomic E-state index is 13.6. The van der Waals surface area contributed by atoms with Crippen LogP contribution in [0.4, 0.5) is 13.2 Å². The van der Waals surface area contributed by atoms with Gasteiger partial charge in [0.1, 0.15) is 17.9 Å². The third kappa shape index (κ3) is 5.53. The van der Waals surface area contributed by atoms with Gasteiger partial charge in [0.05, 0.1) is 32.1 Å². The highest BCUT2D eigenvalue weighted by molar-refractivity contribution is 5.57. The first-order valence-corrected chi connectivity index (χ1v) is 10.9. The largest absolute Gasteiger partial charge is 0.471 e. The number of carbonyl (C=O) groups excluding carboxylic acids is 1. The van der Waals surface area contributed by atoms with Crippen molar-refractivity contribution in [3.63, 3.8) is 0 Å². The number of rotatable bonds is 4. The van der Waals surface area contributed by atoms with Gasteiger partial charge in [-0.3, -0.25) is 4.79 Å². The molecule has 0 bridgehead atoms. The number of hydrogen-bond acceptors (Lipinski definition) is 7. The maximum atomic E-state index is 13.6. The smallest absolute Gasteiger partial charge is 0.292 e. The molecule has 2 saturated heterocycles. The van der Waals surface area contributed by atoms with Crippen LogP contribution in [0, 0.1) is 17.5 Å². The highest BCUT2D eigenvalue weighted by Crippen LogP contribution is 2.39. The Bertz CT molecular complexity index is 1120. The number of methoxy groups -OCH3 is 1. The Morgan fingerprint density at radius 2 is 1.80 bits per heavy atom. The number of aromatic nitrogens is 3. The Morgan fingerprint density at radius 1 is 1.11 bits per heavy atom. The summed E-state index contributed by atoms with van der Waals surface area (Å²) in [6, 6.07) is 11.2. The van der Waals surface area contributed by atoms with E-state index in [0.29, 0.717) is 19.5 Å². The first-order chi connectivity index (χ1) is 16.9. The predicted octanol–water partition coefficient (Wildman–Crippen LogP) is 3.98. The Hall–Kier alpha value is -3.28. The van der Waals surface area contributed by atoms with E-state index >= 15 is 0 Å². The first kappa shape index (κ1) is 24.8. The van der Waals surface area contributed by atoms with Gasteiger partial charge in [0, 0.05) is 11.1 Å². The van der Waals surface area contributed by atoms with Gasteiger partial charge in [0.15, 0.2) is 23.7 Å². The van der Waals surface area contributed by atoms with Crippen LogP contribution in [0.3, 0.4) is 0 Å². The van der Waals surface area contributed by atoms with E-state index in [-0.39, 0.29) is 35.6 Å². The molecule has 2 aliphatic heterocycles. The van der Waals surface area contributed by atoms with Gasteiger partial charge in [-0.25, -0.2) is 17.9 Å². The lowest BCUT2D eigenvalue weighted by Crippen LogP contribution is -2.52. The zero-order chi connectivity index (χ0) is 24.9. The van der Waals surface area contributed by atoms with Gasteiger partial charge in [0.25, 0.3) is 6.47 Å². The second-order valence-corrected chi connectivity index (χ2v) is 8.13. The molecule has 0 amide bonds. The molecule has 0 N–H and O–H groups in total. The molecule has 5 unspecified atom stereocenters. The van der Waals surface area contributed by atoms with Crippen LogP contribution in [0.25, 0.3) is 11.3 Å². The fourth-order valence-corrected chi connectivity index (χ4v) is 4.15. The number of benzene rings is 2. The molecule has 8 nitrogen and oxygen atoms in total. The van der Waals surface area contributed by atoms with E-state index in [4.69, 9.17) is 19.0 Å². The molecular formula is C24H24F3N3O5. The standard InChI is InChI=1S/C22H20F3N3O3.C2H4O2/c1-12-7-18(21-19(30-12)11-29-22(31-21)13-5-3-2-4-6-13)28-10-17(26-27-28)14-8-15(23)20(25)16(24)9-14;1-4-2-3/h2-6,8-10,12,18-19,21-22H,7,11H2,1H3;2H,1H3. The molecule has 5 atom stereocenters. The molecule has 186 valence electrons. The molecule has 35 heavy (non-hydrogen) atoms. The average Bonchev–Trinajstić information content (AvgIpc) is 3.37. The quantitative estimate of drug-likeness (QED) is 0.403. The molecular weight excluding hydrogens is 467 g/mol. The Kier molecular flexibility index (Phi) is 7.79. The minimum atomic E-state index is -1.51. The Balaban J connectivity index is 0.000000672. The summed E-state index contributed by atoms with van der Waals surface area (Å²) < 4.78 is 64.2. The fraction of sp³-hybridized carbons (Fsp3) is 0.375. The van der Waals surface area contributed by atoms with Crippen molar-refractivity contribution in [3.05, 3.63) is 71.7 Å². The van der Waals surface area contributed by atoms with Gasteiger partial charge in [0.2, 0.25) is 0 Å². The van der Waals surface area contributed by atoms with E-state index in [1.165, 1.54) is 7.11 Å². The third-order valence-electron chi connectivity index (χ3n) is 5.72. The summed E-state index contributed by atoms with van der Waals surface area (Å²) >= 11 is 0. The zero-order valence-electron chi connectivity index (χ0n) is 19.0. The van der Waals surface area contributed by atoms with E-state index in [1.54, 1.807) is 10.9 Å². The van der Waals surface area contributed by atoms with E-state index < -0.39 is 23.7 Å². The summed E-state index contributed by atoms with van der Waals surface area (Å²) in [5, 5.41) is 8.22. The molecule has 11 heteroatoms. The molecule has 5 rings (SSSR count). The zero-order valence-corrected chi connectivity index (χ0v) is 19.0. The SMILES string of the molecule is CC1CC(n2cc(-c3cc(F)c(F)c(F)c3)nn2)C2OC(c3ccccc3)OCC2O1.COC=O. The minimum Gasteiger partial charge on any atom is -0.471 e. The Morgan fingerprint density at radius 3 is 2.46 bits per heavy atom. The predicted molar refractivity (Wildman–Crippen MR) is 116 cm³/mol. The molecule has 2 aliphatic rings. The van der Waals surface area contributed by atoms with E-state index in [9.17, 15) is 13.2 Å². The van der Waals surface area contributed by atoms with Crippen LogP contribution in [-0.2, 0) is 23.7 Å². The van der Waals surface area contributed by atoms with Gasteiger partial charge in [-0.2, -0.15) is 0 Å². The minimum absolute atomic E-state index is 0.0694. The van der Waals surface area contributed by atoms with Crippen molar-refractivity contribution in [1.29, 1.82) is 0 Å². The van der Waals surface area contributed by atoms with Gasteiger partial charge in [-0.15, -0.1) is 5.10 Å². The van der Waals surface area contributed by atoms with Crippen LogP contribution in [0.5, 0.6) is 0 Å². The molecule has 3 aromatic rings. The first-order valence-electron chi connectivity index (χ1n) is 10.9. The second-order valence-electron chi connectivity index (χ2n) is 8.13. The lowest BCUT2D eigenvalue weighted by atomic mass is 9.95. The number of carbonyl (C=O) groups is 1. The second kappa shape index (κ2) is 11.0. The van der Waals surface area contributed by atoms with Crippen molar-refractivity contribution >= 4 is 6.47 Å². The highest BCUT2D eigenvalue weighted by Gasteiger charge is 2.44. The van der Waals surface area contributed by atoms with Crippen LogP contribution in [0.1, 0.15) is 31.2 Å². The molecule has 0 aliphatic carbocycles. The van der Waals surface area contributed by atoms with Crippen LogP contribution in [0.15, 0.2) is 48.7 Å². The normalized spacial score (nSPS) is 25.7. The average molecular weight is 491 g/mol. The summed E-state index contributed by atoms with van der Waals surface area (Å²) in [7, 11) is 1.31. The molecule has 2 aromatic carbocycles. The lowest BCUT2D eigenvalue weighted by Gasteiger charge is -2.45. The Labute approximate surface area is 199 Å². The van der Waals surface area contributed by atoms with Gasteiger partial charge < -0.3 is 18.9 Å². The number of ether oxygens (including phenoxy) is 4. The van der Waals surface area contributed by atoms with Crippen molar-refractivity contribution in [2.24, 2.45) is 0 Å². The molecule has 0 saturated carbocycles. The van der Waals surface area contributed by atoms with Crippen molar-refractivity contribution in [2.75, 3.05) is 13.7 Å². The number of halogens is 3. The highest BCUT2D eigenvalue weighted by atomic mass is 19.2. The summed E-state index contributed by atoms with van der Waals surface area (Å²) in [5.41, 5.74) is 1.24. The molecule has 0 radical (unpaired) electrons. The summed E-state index contributed by atoms with van der Waals surface area (Å²) in [6.07, 6.45) is 0.943. The van der Waals surface area contributed by atoms with Crippen LogP contribution >= 0.6 is 0 Å². The van der Waals surface area contributed by atoms with Crippen molar-refractivity contribution < 1.29 is 36.9 Å². The number of fused-ring (bicyclic) bond motifs is 1. The van der Waals surface area contributed by atoms with Crippen LogP contribution in [0.2, 0.25) is 0 Å². The summed E-state index contributed by atoms with van der Waals surface area (Å²) in [5.74, 6) is -4.06. The summed E-state index contributed by atoms with van der Waals surface area (Å²) in [6.45, 7) is 2.69. The molecule has 2 fully saturated rings. The van der Waals surface area contributed by atoms with Crippen LogP contribution < -0.4 is 0 Å². The summed E-state index contributed by atoms with van der Waals surface area (Å²) in [4.78, 5) is 8.95. The molecule has 3 heterocycles. The van der Waals surface area contributed by atoms with Crippen molar-refractivity contribution in [2.45, 2.75) is 44.0 Å². The van der Waals surface area contributed by atoms with Gasteiger partial charge in [-0.1, -0.05) is 35.5 Å². The van der Waals surface area contributed by atoms with Gasteiger partial charge >= 0.3 is 0 Å². The molecule has 1 aromatic heterocycles. The fourth-order valence-electron chi connectivity index (χ4n) is 4.15. The van der Waals surface area contributed by atoms with Crippen LogP contribution in [-0.4, -0.2) is 53.5 Å². The van der Waals surface area contributed by atoms with Gasteiger partial charge in [-0.05, 0) is 25.5 Å². The number of nitrogens with zero attached hydrogens (tertiary/aromatic N) is 3. The van der Waals surface area contributed by atoms with E-state index in [0.717, 1.165) is 17.7 Å². The van der Waals surface area contributed by atoms with E-state index in [1.807, 2.05) is 37.3 Å². The van der Waals surface area contributed by atoms with Crippen molar-refractivity contribution in [1.82, 2.24) is 15.0 Å². The number of hydrogen-bond donors (Lipinski definition) is 0. The van der Waals surface area contributed by atoms with E-state index in [2.05, 4.69) is 15.0 Å². The lowest BCUT2D eigenvalue weighted by molar-refractivity contribution is -0.298.